The summed E-state index contributed by atoms with van der Waals surface area (Å²) in [5.74, 6) is -2.99. The normalized spacial score (nSPS) is 16.9. The summed E-state index contributed by atoms with van der Waals surface area (Å²) in [7, 11) is 0. The molecule has 1 aliphatic carbocycles. The van der Waals surface area contributed by atoms with E-state index in [1.807, 2.05) is 19.9 Å². The average molecular weight is 431 g/mol. The Morgan fingerprint density at radius 2 is 1.77 bits per heavy atom. The predicted molar refractivity (Wildman–Crippen MR) is 117 cm³/mol. The number of hydrogen-bond donors (Lipinski definition) is 3. The van der Waals surface area contributed by atoms with E-state index >= 15 is 0 Å². The highest BCUT2D eigenvalue weighted by Crippen LogP contribution is 2.28. The number of amides is 2. The molecule has 7 nitrogen and oxygen atoms in total. The molecule has 0 radical (unpaired) electrons. The summed E-state index contributed by atoms with van der Waals surface area (Å²) >= 11 is 0. The number of carbonyl (C=O) groups excluding carboxylic acids is 3. The molecule has 3 atom stereocenters. The molecular formula is C24H34N2O5. The number of nitrogens with one attached hydrogen (secondary N) is 2. The Morgan fingerprint density at radius 3 is 2.32 bits per heavy atom. The van der Waals surface area contributed by atoms with Gasteiger partial charge in [-0.2, -0.15) is 0 Å². The Hall–Kier alpha value is -2.67. The zero-order valence-electron chi connectivity index (χ0n) is 18.4. The van der Waals surface area contributed by atoms with E-state index in [0.717, 1.165) is 25.7 Å². The summed E-state index contributed by atoms with van der Waals surface area (Å²) in [5, 5.41) is 12.0. The number of allylic oxidation sites excluding steroid dienone is 1. The molecule has 1 saturated carbocycles. The lowest BCUT2D eigenvalue weighted by Crippen LogP contribution is -2.45. The van der Waals surface area contributed by atoms with Crippen LogP contribution in [0.2, 0.25) is 0 Å². The molecular weight excluding hydrogens is 396 g/mol. The Bertz CT molecular complexity index is 744. The van der Waals surface area contributed by atoms with Crippen molar-refractivity contribution in [3.63, 3.8) is 0 Å². The van der Waals surface area contributed by atoms with Crippen molar-refractivity contribution in [1.82, 2.24) is 10.8 Å². The Kier molecular flexibility index (Phi) is 9.72. The van der Waals surface area contributed by atoms with Crippen molar-refractivity contribution in [3.8, 4) is 0 Å². The van der Waals surface area contributed by atoms with Crippen molar-refractivity contribution >= 4 is 17.8 Å². The summed E-state index contributed by atoms with van der Waals surface area (Å²) in [4.78, 5) is 38.6. The molecule has 1 aromatic rings. The van der Waals surface area contributed by atoms with Gasteiger partial charge in [-0.05, 0) is 50.0 Å². The smallest absolute Gasteiger partial charge is 0.333 e. The first-order valence-electron chi connectivity index (χ1n) is 11.0. The fourth-order valence-corrected chi connectivity index (χ4v) is 4.09. The molecule has 2 rings (SSSR count). The molecule has 7 heteroatoms. The topological polar surface area (TPSA) is 105 Å². The van der Waals surface area contributed by atoms with Crippen LogP contribution in [0.3, 0.4) is 0 Å². The molecule has 0 heterocycles. The third-order valence-corrected chi connectivity index (χ3v) is 5.66. The van der Waals surface area contributed by atoms with Gasteiger partial charge < -0.3 is 10.1 Å². The zero-order chi connectivity index (χ0) is 22.8. The van der Waals surface area contributed by atoms with Gasteiger partial charge in [-0.1, -0.05) is 50.3 Å². The molecule has 170 valence electrons. The first-order valence-corrected chi connectivity index (χ1v) is 11.0. The van der Waals surface area contributed by atoms with E-state index in [1.165, 1.54) is 0 Å². The molecule has 1 aromatic carbocycles. The van der Waals surface area contributed by atoms with Crippen LogP contribution in [-0.4, -0.2) is 29.1 Å². The van der Waals surface area contributed by atoms with E-state index in [0.29, 0.717) is 12.0 Å². The van der Waals surface area contributed by atoms with Crippen molar-refractivity contribution in [2.45, 2.75) is 64.5 Å². The lowest BCUT2D eigenvalue weighted by atomic mass is 9.82. The zero-order valence-corrected chi connectivity index (χ0v) is 18.4. The van der Waals surface area contributed by atoms with Gasteiger partial charge in [0, 0.05) is 0 Å². The summed E-state index contributed by atoms with van der Waals surface area (Å²) in [6.45, 7) is 7.56. The lowest BCUT2D eigenvalue weighted by Gasteiger charge is -2.28. The van der Waals surface area contributed by atoms with Crippen molar-refractivity contribution in [1.29, 1.82) is 0 Å². The number of carbonyl (C=O) groups is 3. The lowest BCUT2D eigenvalue weighted by molar-refractivity contribution is -0.153. The van der Waals surface area contributed by atoms with Gasteiger partial charge in [0.1, 0.15) is 6.10 Å². The Labute approximate surface area is 184 Å². The van der Waals surface area contributed by atoms with Crippen LogP contribution in [0.1, 0.15) is 64.0 Å². The second kappa shape index (κ2) is 12.2. The van der Waals surface area contributed by atoms with Crippen LogP contribution in [0.15, 0.2) is 43.0 Å². The van der Waals surface area contributed by atoms with E-state index in [4.69, 9.17) is 9.94 Å². The van der Waals surface area contributed by atoms with Crippen molar-refractivity contribution in [2.75, 3.05) is 0 Å². The molecule has 1 fully saturated rings. The monoisotopic (exact) mass is 430 g/mol. The minimum atomic E-state index is -0.967. The van der Waals surface area contributed by atoms with Crippen molar-refractivity contribution in [3.05, 3.63) is 48.6 Å². The molecule has 31 heavy (non-hydrogen) atoms. The van der Waals surface area contributed by atoms with Gasteiger partial charge >= 0.3 is 5.97 Å². The van der Waals surface area contributed by atoms with Gasteiger partial charge in [-0.15, -0.1) is 6.58 Å². The number of rotatable bonds is 11. The minimum Gasteiger partial charge on any atom is -0.461 e. The van der Waals surface area contributed by atoms with Crippen molar-refractivity contribution in [2.24, 2.45) is 17.8 Å². The largest absolute Gasteiger partial charge is 0.461 e. The number of esters is 1. The third kappa shape index (κ3) is 7.21. The van der Waals surface area contributed by atoms with Crippen LogP contribution < -0.4 is 10.8 Å². The van der Waals surface area contributed by atoms with Crippen LogP contribution in [0, 0.1) is 17.8 Å². The fourth-order valence-electron chi connectivity index (χ4n) is 4.09. The quantitative estimate of drug-likeness (QED) is 0.215. The summed E-state index contributed by atoms with van der Waals surface area (Å²) in [5.41, 5.74) is 2.28. The van der Waals surface area contributed by atoms with Gasteiger partial charge in [0.05, 0.1) is 11.8 Å². The molecule has 0 bridgehead atoms. The molecule has 0 spiro atoms. The molecule has 1 aliphatic rings. The molecule has 0 aromatic heterocycles. The highest BCUT2D eigenvalue weighted by molar-refractivity contribution is 5.90. The van der Waals surface area contributed by atoms with Crippen molar-refractivity contribution < 1.29 is 24.3 Å². The Balaban J connectivity index is 2.27. The summed E-state index contributed by atoms with van der Waals surface area (Å²) < 4.78 is 5.68. The number of benzene rings is 1. The molecule has 0 saturated heterocycles. The SMILES string of the molecule is C=CCC(C(=O)NO)[C@@H](CC(C)C)C(=O)N[C@H](C(=O)OC1CCCC1)c1ccccc1. The van der Waals surface area contributed by atoms with E-state index in [2.05, 4.69) is 11.9 Å². The van der Waals surface area contributed by atoms with E-state index < -0.39 is 35.7 Å². The molecule has 2 amide bonds. The number of hydroxylamine groups is 1. The third-order valence-electron chi connectivity index (χ3n) is 5.66. The van der Waals surface area contributed by atoms with Gasteiger partial charge in [-0.3, -0.25) is 14.8 Å². The van der Waals surface area contributed by atoms with E-state index in [9.17, 15) is 14.4 Å². The van der Waals surface area contributed by atoms with E-state index in [1.54, 1.807) is 35.8 Å². The minimum absolute atomic E-state index is 0.121. The van der Waals surface area contributed by atoms with Gasteiger partial charge in [-0.25, -0.2) is 10.3 Å². The second-order valence-corrected chi connectivity index (χ2v) is 8.54. The highest BCUT2D eigenvalue weighted by atomic mass is 16.5. The molecule has 0 aliphatic heterocycles. The standard InChI is InChI=1S/C24H34N2O5/c1-4-10-19(23(28)26-30)20(15-16(2)3)22(27)25-21(17-11-6-5-7-12-17)24(29)31-18-13-8-9-14-18/h4-7,11-12,16,18-21,30H,1,8-10,13-15H2,2-3H3,(H,25,27)(H,26,28)/t19?,20-,21+/m1/s1. The molecule has 1 unspecified atom stereocenters. The van der Waals surface area contributed by atoms with E-state index in [-0.39, 0.29) is 18.4 Å². The molecule has 3 N–H and O–H groups in total. The second-order valence-electron chi connectivity index (χ2n) is 8.54. The van der Waals surface area contributed by atoms with Crippen LogP contribution in [0.25, 0.3) is 0 Å². The maximum Gasteiger partial charge on any atom is 0.333 e. The van der Waals surface area contributed by atoms with Crippen LogP contribution in [0.5, 0.6) is 0 Å². The first kappa shape index (κ1) is 24.6. The predicted octanol–water partition coefficient (Wildman–Crippen LogP) is 3.69. The maximum absolute atomic E-state index is 13.3. The van der Waals surface area contributed by atoms with Gasteiger partial charge in [0.25, 0.3) is 0 Å². The summed E-state index contributed by atoms with van der Waals surface area (Å²) in [6.07, 6.45) is 5.76. The highest BCUT2D eigenvalue weighted by Gasteiger charge is 2.36. The van der Waals surface area contributed by atoms with Crippen LogP contribution in [-0.2, 0) is 19.1 Å². The van der Waals surface area contributed by atoms with Gasteiger partial charge in [0.2, 0.25) is 11.8 Å². The number of ether oxygens (including phenoxy) is 1. The average Bonchev–Trinajstić information content (AvgIpc) is 3.27. The van der Waals surface area contributed by atoms with Gasteiger partial charge in [0.15, 0.2) is 6.04 Å². The number of hydrogen-bond acceptors (Lipinski definition) is 5. The fraction of sp³-hybridized carbons (Fsp3) is 0.542. The van der Waals surface area contributed by atoms with Crippen LogP contribution in [0.4, 0.5) is 0 Å². The summed E-state index contributed by atoms with van der Waals surface area (Å²) in [6, 6.07) is 7.98. The first-order chi connectivity index (χ1) is 14.9. The Morgan fingerprint density at radius 1 is 1.13 bits per heavy atom. The maximum atomic E-state index is 13.3. The van der Waals surface area contributed by atoms with Crippen LogP contribution >= 0.6 is 0 Å².